The van der Waals surface area contributed by atoms with Crippen molar-refractivity contribution in [2.75, 3.05) is 11.9 Å². The number of sulfonamides is 1. The molecule has 0 heterocycles. The van der Waals surface area contributed by atoms with Crippen LogP contribution in [0.1, 0.15) is 19.8 Å². The largest absolute Gasteiger partial charge is 0.392 e. The van der Waals surface area contributed by atoms with Gasteiger partial charge in [0.2, 0.25) is 10.0 Å². The molecule has 2 rings (SSSR count). The number of hydrogen-bond donors (Lipinski definition) is 3. The van der Waals surface area contributed by atoms with E-state index in [1.54, 1.807) is 31.2 Å². The summed E-state index contributed by atoms with van der Waals surface area (Å²) in [6.45, 7) is 1.96. The Morgan fingerprint density at radius 3 is 2.67 bits per heavy atom. The van der Waals surface area contributed by atoms with Gasteiger partial charge in [-0.1, -0.05) is 12.1 Å². The number of aliphatic hydroxyl groups is 1. The average Bonchev–Trinajstić information content (AvgIpc) is 3.10. The van der Waals surface area contributed by atoms with Gasteiger partial charge in [-0.3, -0.25) is 0 Å². The van der Waals surface area contributed by atoms with E-state index in [1.165, 1.54) is 0 Å². The van der Waals surface area contributed by atoms with Crippen molar-refractivity contribution < 1.29 is 13.5 Å². The molecule has 0 aromatic heterocycles. The molecule has 3 N–H and O–H groups in total. The van der Waals surface area contributed by atoms with Crippen LogP contribution in [0.4, 0.5) is 5.69 Å². The van der Waals surface area contributed by atoms with E-state index in [-0.39, 0.29) is 10.9 Å². The Kier molecular flexibility index (Phi) is 3.89. The normalized spacial score (nSPS) is 17.4. The molecule has 1 aromatic carbocycles. The topological polar surface area (TPSA) is 78.4 Å². The lowest BCUT2D eigenvalue weighted by atomic mass is 10.3. The maximum Gasteiger partial charge on any atom is 0.242 e. The Bertz CT molecular complexity index is 510. The standard InChI is InChI=1S/C12H18N2O3S/c1-9(15)8-13-11-4-2-3-5-12(11)18(16,17)14-10-6-7-10/h2-5,9-10,13-15H,6-8H2,1H3. The zero-order valence-electron chi connectivity index (χ0n) is 10.3. The fourth-order valence-corrected chi connectivity index (χ4v) is 3.08. The molecule has 0 saturated heterocycles. The van der Waals surface area contributed by atoms with E-state index in [0.29, 0.717) is 12.2 Å². The molecule has 5 nitrogen and oxygen atoms in total. The predicted octanol–water partition coefficient (Wildman–Crippen LogP) is 0.920. The van der Waals surface area contributed by atoms with Gasteiger partial charge in [-0.2, -0.15) is 0 Å². The molecule has 1 fully saturated rings. The number of rotatable bonds is 6. The summed E-state index contributed by atoms with van der Waals surface area (Å²) >= 11 is 0. The van der Waals surface area contributed by atoms with E-state index >= 15 is 0 Å². The number of aliphatic hydroxyl groups excluding tert-OH is 1. The lowest BCUT2D eigenvalue weighted by Gasteiger charge is -2.13. The number of benzene rings is 1. The molecule has 1 aromatic rings. The zero-order chi connectivity index (χ0) is 13.2. The average molecular weight is 270 g/mol. The Morgan fingerprint density at radius 1 is 1.39 bits per heavy atom. The van der Waals surface area contributed by atoms with Gasteiger partial charge in [0, 0.05) is 12.6 Å². The second-order valence-electron chi connectivity index (χ2n) is 4.62. The zero-order valence-corrected chi connectivity index (χ0v) is 11.1. The van der Waals surface area contributed by atoms with Crippen molar-refractivity contribution in [1.82, 2.24) is 4.72 Å². The number of nitrogens with one attached hydrogen (secondary N) is 2. The molecule has 1 aliphatic carbocycles. The van der Waals surface area contributed by atoms with Crippen LogP contribution in [0.15, 0.2) is 29.2 Å². The minimum atomic E-state index is -3.47. The first-order valence-electron chi connectivity index (χ1n) is 6.02. The molecule has 0 spiro atoms. The van der Waals surface area contributed by atoms with Crippen LogP contribution in [0.2, 0.25) is 0 Å². The van der Waals surface area contributed by atoms with Gasteiger partial charge in [0.05, 0.1) is 11.8 Å². The third kappa shape index (κ3) is 3.44. The summed E-state index contributed by atoms with van der Waals surface area (Å²) in [6.07, 6.45) is 1.28. The Balaban J connectivity index is 2.20. The minimum absolute atomic E-state index is 0.0832. The third-order valence-electron chi connectivity index (χ3n) is 2.66. The molecule has 1 unspecified atom stereocenters. The maximum atomic E-state index is 12.1. The molecule has 1 atom stereocenters. The van der Waals surface area contributed by atoms with Crippen LogP contribution in [-0.2, 0) is 10.0 Å². The van der Waals surface area contributed by atoms with Gasteiger partial charge < -0.3 is 10.4 Å². The first kappa shape index (κ1) is 13.3. The predicted molar refractivity (Wildman–Crippen MR) is 70.0 cm³/mol. The highest BCUT2D eigenvalue weighted by Gasteiger charge is 2.29. The second kappa shape index (κ2) is 5.26. The van der Waals surface area contributed by atoms with Gasteiger partial charge in [0.15, 0.2) is 0 Å². The van der Waals surface area contributed by atoms with E-state index in [9.17, 15) is 13.5 Å². The van der Waals surface area contributed by atoms with Crippen LogP contribution in [0.3, 0.4) is 0 Å². The first-order chi connectivity index (χ1) is 8.49. The minimum Gasteiger partial charge on any atom is -0.392 e. The molecule has 0 amide bonds. The Labute approximate surface area is 107 Å². The van der Waals surface area contributed by atoms with Crippen LogP contribution in [0.5, 0.6) is 0 Å². The van der Waals surface area contributed by atoms with Crippen LogP contribution >= 0.6 is 0 Å². The van der Waals surface area contributed by atoms with Gasteiger partial charge in [-0.15, -0.1) is 0 Å². The van der Waals surface area contributed by atoms with E-state index in [0.717, 1.165) is 12.8 Å². The number of para-hydroxylation sites is 1. The maximum absolute atomic E-state index is 12.1. The molecule has 1 saturated carbocycles. The monoisotopic (exact) mass is 270 g/mol. The van der Waals surface area contributed by atoms with Crippen molar-refractivity contribution in [2.45, 2.75) is 36.8 Å². The van der Waals surface area contributed by atoms with Crippen LogP contribution in [0.25, 0.3) is 0 Å². The van der Waals surface area contributed by atoms with Crippen molar-refractivity contribution in [3.63, 3.8) is 0 Å². The fourth-order valence-electron chi connectivity index (χ4n) is 1.59. The molecular weight excluding hydrogens is 252 g/mol. The van der Waals surface area contributed by atoms with Crippen molar-refractivity contribution in [3.8, 4) is 0 Å². The quantitative estimate of drug-likeness (QED) is 0.718. The summed E-state index contributed by atoms with van der Waals surface area (Å²) in [4.78, 5) is 0.234. The van der Waals surface area contributed by atoms with Crippen molar-refractivity contribution >= 4 is 15.7 Å². The molecule has 100 valence electrons. The third-order valence-corrected chi connectivity index (χ3v) is 4.24. The van der Waals surface area contributed by atoms with Gasteiger partial charge >= 0.3 is 0 Å². The number of hydrogen-bond acceptors (Lipinski definition) is 4. The molecule has 0 radical (unpaired) electrons. The second-order valence-corrected chi connectivity index (χ2v) is 6.30. The van der Waals surface area contributed by atoms with E-state index in [4.69, 9.17) is 0 Å². The summed E-state index contributed by atoms with van der Waals surface area (Å²) in [5, 5.41) is 12.2. The lowest BCUT2D eigenvalue weighted by Crippen LogP contribution is -2.27. The fraction of sp³-hybridized carbons (Fsp3) is 0.500. The van der Waals surface area contributed by atoms with Crippen molar-refractivity contribution in [3.05, 3.63) is 24.3 Å². The molecule has 6 heteroatoms. The van der Waals surface area contributed by atoms with Crippen LogP contribution in [-0.4, -0.2) is 32.2 Å². The highest BCUT2D eigenvalue weighted by atomic mass is 32.2. The molecule has 1 aliphatic rings. The van der Waals surface area contributed by atoms with E-state index < -0.39 is 16.1 Å². The first-order valence-corrected chi connectivity index (χ1v) is 7.50. The molecule has 18 heavy (non-hydrogen) atoms. The summed E-state index contributed by atoms with van der Waals surface area (Å²) in [6, 6.07) is 6.80. The van der Waals surface area contributed by atoms with Gasteiger partial charge in [0.1, 0.15) is 4.90 Å². The Morgan fingerprint density at radius 2 is 2.06 bits per heavy atom. The van der Waals surface area contributed by atoms with Gasteiger partial charge in [0.25, 0.3) is 0 Å². The summed E-state index contributed by atoms with van der Waals surface area (Å²) in [5.74, 6) is 0. The number of anilines is 1. The van der Waals surface area contributed by atoms with Crippen LogP contribution in [0, 0.1) is 0 Å². The smallest absolute Gasteiger partial charge is 0.242 e. The van der Waals surface area contributed by atoms with Gasteiger partial charge in [-0.05, 0) is 31.9 Å². The van der Waals surface area contributed by atoms with Crippen molar-refractivity contribution in [1.29, 1.82) is 0 Å². The van der Waals surface area contributed by atoms with E-state index in [1.807, 2.05) is 0 Å². The van der Waals surface area contributed by atoms with Crippen molar-refractivity contribution in [2.24, 2.45) is 0 Å². The highest BCUT2D eigenvalue weighted by molar-refractivity contribution is 7.89. The summed E-state index contributed by atoms with van der Waals surface area (Å²) in [5.41, 5.74) is 0.520. The lowest BCUT2D eigenvalue weighted by molar-refractivity contribution is 0.208. The molecule has 0 aliphatic heterocycles. The Hall–Kier alpha value is -1.11. The highest BCUT2D eigenvalue weighted by Crippen LogP contribution is 2.25. The van der Waals surface area contributed by atoms with Crippen LogP contribution < -0.4 is 10.0 Å². The summed E-state index contributed by atoms with van der Waals surface area (Å²) < 4.78 is 26.9. The van der Waals surface area contributed by atoms with Gasteiger partial charge in [-0.25, -0.2) is 13.1 Å². The molecular formula is C12H18N2O3S. The van der Waals surface area contributed by atoms with E-state index in [2.05, 4.69) is 10.0 Å². The SMILES string of the molecule is CC(O)CNc1ccccc1S(=O)(=O)NC1CC1. The summed E-state index contributed by atoms with van der Waals surface area (Å²) in [7, 11) is -3.47. The molecule has 0 bridgehead atoms.